The van der Waals surface area contributed by atoms with Crippen molar-refractivity contribution in [3.05, 3.63) is 0 Å². The largest absolute Gasteiger partial charge is 1.00 e. The van der Waals surface area contributed by atoms with Gasteiger partial charge in [-0.1, -0.05) is 0 Å². The number of amides is 2. The Bertz CT molecular complexity index is 104. The smallest absolute Gasteiger partial charge is 0.529 e. The summed E-state index contributed by atoms with van der Waals surface area (Å²) in [5, 5.41) is 18.7. The molecule has 6 nitrogen and oxygen atoms in total. The SMILES string of the molecule is O=C([O-])NNC(=O)[O-].[K+].[K+]. The van der Waals surface area contributed by atoms with Crippen LogP contribution in [0.25, 0.3) is 0 Å². The maximum Gasteiger partial charge on any atom is 1.00 e. The maximum atomic E-state index is 9.33. The van der Waals surface area contributed by atoms with Crippen LogP contribution in [0.3, 0.4) is 0 Å². The molecule has 10 heavy (non-hydrogen) atoms. The first-order chi connectivity index (χ1) is 3.63. The van der Waals surface area contributed by atoms with E-state index < -0.39 is 12.2 Å². The molecule has 0 aromatic carbocycles. The van der Waals surface area contributed by atoms with Crippen LogP contribution in [0.1, 0.15) is 0 Å². The molecule has 0 radical (unpaired) electrons. The minimum absolute atomic E-state index is 0. The molecule has 0 spiro atoms. The molecule has 2 N–H and O–H groups in total. The summed E-state index contributed by atoms with van der Waals surface area (Å²) < 4.78 is 0. The molecule has 0 bridgehead atoms. The number of hydrogen-bond donors (Lipinski definition) is 2. The second kappa shape index (κ2) is 10.8. The predicted molar refractivity (Wildman–Crippen MR) is 17.1 cm³/mol. The van der Waals surface area contributed by atoms with Crippen molar-refractivity contribution in [3.63, 3.8) is 0 Å². The van der Waals surface area contributed by atoms with Crippen LogP contribution in [0, 0.1) is 0 Å². The normalized spacial score (nSPS) is 6.00. The van der Waals surface area contributed by atoms with Crippen molar-refractivity contribution in [2.75, 3.05) is 0 Å². The van der Waals surface area contributed by atoms with Gasteiger partial charge in [0, 0.05) is 0 Å². The first-order valence-electron chi connectivity index (χ1n) is 1.57. The summed E-state index contributed by atoms with van der Waals surface area (Å²) in [7, 11) is 0. The molecule has 8 heteroatoms. The summed E-state index contributed by atoms with van der Waals surface area (Å²) in [5.41, 5.74) is 2.48. The zero-order valence-electron chi connectivity index (χ0n) is 5.63. The third-order valence-electron chi connectivity index (χ3n) is 0.267. The molecule has 0 atom stereocenters. The fraction of sp³-hybridized carbons (Fsp3) is 0. The molecule has 0 unspecified atom stereocenters. The first-order valence-corrected chi connectivity index (χ1v) is 1.57. The average molecular weight is 196 g/mol. The topological polar surface area (TPSA) is 104 Å². The van der Waals surface area contributed by atoms with E-state index in [2.05, 4.69) is 0 Å². The third kappa shape index (κ3) is 16.4. The van der Waals surface area contributed by atoms with Gasteiger partial charge in [-0.3, -0.25) is 10.9 Å². The van der Waals surface area contributed by atoms with Crippen LogP contribution in [-0.4, -0.2) is 12.2 Å². The average Bonchev–Trinajstić information content (AvgIpc) is 1.61. The maximum absolute atomic E-state index is 9.33. The van der Waals surface area contributed by atoms with E-state index in [0.717, 1.165) is 0 Å². The van der Waals surface area contributed by atoms with Crippen molar-refractivity contribution in [1.82, 2.24) is 10.9 Å². The summed E-state index contributed by atoms with van der Waals surface area (Å²) in [6, 6.07) is 0. The van der Waals surface area contributed by atoms with E-state index >= 15 is 0 Å². The minimum atomic E-state index is -1.73. The third-order valence-corrected chi connectivity index (χ3v) is 0.267. The van der Waals surface area contributed by atoms with Crippen molar-refractivity contribution < 1.29 is 123 Å². The number of carboxylic acid groups (broad SMARTS) is 2. The van der Waals surface area contributed by atoms with Gasteiger partial charge in [0.2, 0.25) is 0 Å². The summed E-state index contributed by atoms with van der Waals surface area (Å²) in [6.45, 7) is 0. The van der Waals surface area contributed by atoms with Gasteiger partial charge in [-0.25, -0.2) is 0 Å². The number of carbonyl (C=O) groups is 2. The van der Waals surface area contributed by atoms with Gasteiger partial charge in [0.1, 0.15) is 0 Å². The molecular weight excluding hydrogens is 194 g/mol. The molecule has 0 aliphatic rings. The van der Waals surface area contributed by atoms with E-state index in [-0.39, 0.29) is 103 Å². The Morgan fingerprint density at radius 1 is 0.900 bits per heavy atom. The Labute approximate surface area is 142 Å². The minimum Gasteiger partial charge on any atom is -0.529 e. The van der Waals surface area contributed by atoms with E-state index in [1.807, 2.05) is 0 Å². The van der Waals surface area contributed by atoms with E-state index in [4.69, 9.17) is 0 Å². The van der Waals surface area contributed by atoms with Gasteiger partial charge in [-0.05, 0) is 0 Å². The number of nitrogens with one attached hydrogen (secondary N) is 2. The van der Waals surface area contributed by atoms with Crippen LogP contribution in [0.5, 0.6) is 0 Å². The number of carbonyl (C=O) groups excluding carboxylic acids is 2. The fourth-order valence-corrected chi connectivity index (χ4v) is 0.102. The Kier molecular flexibility index (Phi) is 19.2. The summed E-state index contributed by atoms with van der Waals surface area (Å²) in [6.07, 6.45) is -3.46. The van der Waals surface area contributed by atoms with E-state index in [1.54, 1.807) is 0 Å². The van der Waals surface area contributed by atoms with Crippen molar-refractivity contribution >= 4 is 12.2 Å². The van der Waals surface area contributed by atoms with Gasteiger partial charge < -0.3 is 19.8 Å². The quantitative estimate of drug-likeness (QED) is 0.296. The van der Waals surface area contributed by atoms with Crippen LogP contribution in [0.4, 0.5) is 9.59 Å². The van der Waals surface area contributed by atoms with Gasteiger partial charge >= 0.3 is 103 Å². The summed E-state index contributed by atoms with van der Waals surface area (Å²) in [5.74, 6) is 0. The molecular formula is C2H2K2N2O4. The van der Waals surface area contributed by atoms with Gasteiger partial charge in [0.05, 0.1) is 0 Å². The van der Waals surface area contributed by atoms with Crippen molar-refractivity contribution in [2.24, 2.45) is 0 Å². The predicted octanol–water partition coefficient (Wildman–Crippen LogP) is -9.22. The van der Waals surface area contributed by atoms with Gasteiger partial charge in [-0.15, -0.1) is 0 Å². The standard InChI is InChI=1S/C2H4N2O4.2K/c5-1(6)3-4-2(7)8;;/h3-4H,(H,5,6)(H,7,8);;/q;2*+1/p-2. The molecule has 0 aromatic heterocycles. The molecule has 0 aromatic rings. The molecule has 0 aliphatic carbocycles. The summed E-state index contributed by atoms with van der Waals surface area (Å²) in [4.78, 5) is 18.7. The molecule has 0 fully saturated rings. The molecule has 0 saturated carbocycles. The van der Waals surface area contributed by atoms with Crippen molar-refractivity contribution in [3.8, 4) is 0 Å². The molecule has 0 aliphatic heterocycles. The second-order valence-electron chi connectivity index (χ2n) is 0.825. The number of hydrogen-bond acceptors (Lipinski definition) is 4. The van der Waals surface area contributed by atoms with Gasteiger partial charge in [-0.2, -0.15) is 0 Å². The molecule has 0 heterocycles. The van der Waals surface area contributed by atoms with Crippen LogP contribution < -0.4 is 124 Å². The van der Waals surface area contributed by atoms with Crippen LogP contribution in [-0.2, 0) is 0 Å². The molecule has 0 rings (SSSR count). The first kappa shape index (κ1) is 17.8. The van der Waals surface area contributed by atoms with Crippen LogP contribution in [0.2, 0.25) is 0 Å². The van der Waals surface area contributed by atoms with Gasteiger partial charge in [0.15, 0.2) is 12.2 Å². The monoisotopic (exact) mass is 196 g/mol. The second-order valence-corrected chi connectivity index (χ2v) is 0.825. The van der Waals surface area contributed by atoms with Gasteiger partial charge in [0.25, 0.3) is 0 Å². The van der Waals surface area contributed by atoms with E-state index in [0.29, 0.717) is 0 Å². The summed E-state index contributed by atoms with van der Waals surface area (Å²) >= 11 is 0. The molecule has 46 valence electrons. The van der Waals surface area contributed by atoms with Crippen LogP contribution in [0.15, 0.2) is 0 Å². The fourth-order valence-electron chi connectivity index (χ4n) is 0.102. The number of rotatable bonds is 0. The van der Waals surface area contributed by atoms with Crippen LogP contribution >= 0.6 is 0 Å². The Morgan fingerprint density at radius 2 is 1.10 bits per heavy atom. The van der Waals surface area contributed by atoms with Crippen molar-refractivity contribution in [1.29, 1.82) is 0 Å². The van der Waals surface area contributed by atoms with E-state index in [1.165, 1.54) is 10.9 Å². The zero-order chi connectivity index (χ0) is 6.57. The molecule has 0 saturated heterocycles. The zero-order valence-corrected chi connectivity index (χ0v) is 11.9. The Balaban J connectivity index is -0.000000245. The Morgan fingerprint density at radius 3 is 1.20 bits per heavy atom. The van der Waals surface area contributed by atoms with E-state index in [9.17, 15) is 19.8 Å². The Hall–Kier alpha value is 1.81. The molecule has 2 amide bonds. The van der Waals surface area contributed by atoms with Crippen molar-refractivity contribution in [2.45, 2.75) is 0 Å². The number of hydrazine groups is 1.